The fraction of sp³-hybridized carbons (Fsp3) is 0.667. The number of piperazine rings is 1. The van der Waals surface area contributed by atoms with Gasteiger partial charge in [-0.25, -0.2) is 0 Å². The van der Waals surface area contributed by atoms with Gasteiger partial charge in [-0.1, -0.05) is 0 Å². The highest BCUT2D eigenvalue weighted by molar-refractivity contribution is 5.94. The third-order valence-electron chi connectivity index (χ3n) is 3.38. The van der Waals surface area contributed by atoms with Crippen LogP contribution in [0.3, 0.4) is 0 Å². The van der Waals surface area contributed by atoms with Crippen molar-refractivity contribution in [2.75, 3.05) is 46.3 Å². The van der Waals surface area contributed by atoms with Gasteiger partial charge in [-0.15, -0.1) is 0 Å². The highest BCUT2D eigenvalue weighted by Gasteiger charge is 2.14. The number of hydrogen-bond donors (Lipinski definition) is 2. The van der Waals surface area contributed by atoms with E-state index in [9.17, 15) is 4.79 Å². The monoisotopic (exact) mass is 251 g/mol. The van der Waals surface area contributed by atoms with E-state index in [1.807, 2.05) is 6.92 Å². The van der Waals surface area contributed by atoms with Crippen molar-refractivity contribution in [3.8, 4) is 0 Å². The normalized spacial score (nSPS) is 17.9. The van der Waals surface area contributed by atoms with E-state index < -0.39 is 0 Å². The summed E-state index contributed by atoms with van der Waals surface area (Å²) in [7, 11) is 2.14. The van der Waals surface area contributed by atoms with Crippen LogP contribution in [0.5, 0.6) is 0 Å². The van der Waals surface area contributed by atoms with Crippen LogP contribution in [-0.4, -0.2) is 72.2 Å². The van der Waals surface area contributed by atoms with Crippen molar-refractivity contribution in [2.45, 2.75) is 6.92 Å². The lowest BCUT2D eigenvalue weighted by Gasteiger charge is -2.32. The number of carbonyl (C=O) groups is 1. The molecule has 1 aromatic heterocycles. The molecule has 1 aromatic rings. The summed E-state index contributed by atoms with van der Waals surface area (Å²) in [6, 6.07) is 0. The minimum atomic E-state index is -0.0459. The van der Waals surface area contributed by atoms with E-state index in [4.69, 9.17) is 0 Å². The second-order valence-electron chi connectivity index (χ2n) is 4.81. The highest BCUT2D eigenvalue weighted by atomic mass is 16.1. The molecule has 1 aliphatic rings. The zero-order chi connectivity index (χ0) is 13.0. The molecule has 6 nitrogen and oxygen atoms in total. The van der Waals surface area contributed by atoms with Crippen LogP contribution in [0.25, 0.3) is 0 Å². The first-order valence-electron chi connectivity index (χ1n) is 6.36. The lowest BCUT2D eigenvalue weighted by Crippen LogP contribution is -2.46. The van der Waals surface area contributed by atoms with Gasteiger partial charge in [-0.2, -0.15) is 5.10 Å². The van der Waals surface area contributed by atoms with Crippen molar-refractivity contribution in [3.63, 3.8) is 0 Å². The van der Waals surface area contributed by atoms with Crippen molar-refractivity contribution in [1.29, 1.82) is 0 Å². The molecule has 18 heavy (non-hydrogen) atoms. The van der Waals surface area contributed by atoms with Crippen LogP contribution < -0.4 is 5.32 Å². The number of rotatable bonds is 4. The van der Waals surface area contributed by atoms with Gasteiger partial charge in [0, 0.05) is 45.0 Å². The summed E-state index contributed by atoms with van der Waals surface area (Å²) < 4.78 is 0. The standard InChI is InChI=1S/C12H21N5O/c1-10-11(9-14-15-10)12(18)13-3-4-17-7-5-16(2)6-8-17/h9H,3-8H2,1-2H3,(H,13,18)(H,14,15). The second-order valence-corrected chi connectivity index (χ2v) is 4.81. The van der Waals surface area contributed by atoms with Crippen molar-refractivity contribution in [1.82, 2.24) is 25.3 Å². The number of nitrogens with one attached hydrogen (secondary N) is 2. The Kier molecular flexibility index (Phi) is 4.33. The minimum Gasteiger partial charge on any atom is -0.351 e. The number of hydrogen-bond acceptors (Lipinski definition) is 4. The smallest absolute Gasteiger partial charge is 0.254 e. The fourth-order valence-electron chi connectivity index (χ4n) is 2.07. The number of carbonyl (C=O) groups excluding carboxylic acids is 1. The molecule has 2 rings (SSSR count). The molecule has 0 atom stereocenters. The third-order valence-corrected chi connectivity index (χ3v) is 3.38. The van der Waals surface area contributed by atoms with Crippen LogP contribution in [0.1, 0.15) is 16.1 Å². The highest BCUT2D eigenvalue weighted by Crippen LogP contribution is 2.02. The summed E-state index contributed by atoms with van der Waals surface area (Å²) in [5.41, 5.74) is 1.44. The summed E-state index contributed by atoms with van der Waals surface area (Å²) >= 11 is 0. The fourth-order valence-corrected chi connectivity index (χ4v) is 2.07. The molecule has 0 unspecified atom stereocenters. The van der Waals surface area contributed by atoms with Crippen molar-refractivity contribution < 1.29 is 4.79 Å². The predicted molar refractivity (Wildman–Crippen MR) is 69.6 cm³/mol. The van der Waals surface area contributed by atoms with Gasteiger partial charge in [-0.3, -0.25) is 14.8 Å². The van der Waals surface area contributed by atoms with E-state index in [0.717, 1.165) is 38.4 Å². The lowest BCUT2D eigenvalue weighted by molar-refractivity contribution is 0.0940. The maximum Gasteiger partial charge on any atom is 0.254 e. The Balaban J connectivity index is 1.69. The Morgan fingerprint density at radius 1 is 1.44 bits per heavy atom. The zero-order valence-electron chi connectivity index (χ0n) is 11.1. The minimum absolute atomic E-state index is 0.0459. The number of H-pyrrole nitrogens is 1. The van der Waals surface area contributed by atoms with Crippen LogP contribution in [-0.2, 0) is 0 Å². The first-order valence-corrected chi connectivity index (χ1v) is 6.36. The molecule has 0 saturated carbocycles. The second kappa shape index (κ2) is 5.97. The van der Waals surface area contributed by atoms with Crippen LogP contribution in [0.4, 0.5) is 0 Å². The van der Waals surface area contributed by atoms with Crippen LogP contribution in [0.2, 0.25) is 0 Å². The Bertz CT molecular complexity index is 395. The summed E-state index contributed by atoms with van der Waals surface area (Å²) in [4.78, 5) is 16.5. The van der Waals surface area contributed by atoms with E-state index in [2.05, 4.69) is 32.4 Å². The van der Waals surface area contributed by atoms with Gasteiger partial charge >= 0.3 is 0 Å². The average molecular weight is 251 g/mol. The number of aromatic amines is 1. The molecule has 1 aliphatic heterocycles. The molecule has 6 heteroatoms. The Hall–Kier alpha value is -1.40. The number of aryl methyl sites for hydroxylation is 1. The molecule has 2 heterocycles. The number of amides is 1. The molecule has 1 saturated heterocycles. The maximum absolute atomic E-state index is 11.8. The molecule has 0 spiro atoms. The van der Waals surface area contributed by atoms with Gasteiger partial charge in [0.1, 0.15) is 0 Å². The van der Waals surface area contributed by atoms with Crippen LogP contribution in [0, 0.1) is 6.92 Å². The van der Waals surface area contributed by atoms with E-state index >= 15 is 0 Å². The first-order chi connectivity index (χ1) is 8.66. The van der Waals surface area contributed by atoms with Gasteiger partial charge in [0.25, 0.3) is 5.91 Å². The Morgan fingerprint density at radius 3 is 2.78 bits per heavy atom. The first kappa shape index (κ1) is 13.0. The van der Waals surface area contributed by atoms with Gasteiger partial charge in [0.05, 0.1) is 11.8 Å². The Labute approximate surface area is 107 Å². The molecule has 100 valence electrons. The topological polar surface area (TPSA) is 64.3 Å². The number of nitrogens with zero attached hydrogens (tertiary/aromatic N) is 3. The predicted octanol–water partition coefficient (Wildman–Crippen LogP) is -0.305. The molecule has 1 fully saturated rings. The summed E-state index contributed by atoms with van der Waals surface area (Å²) in [6.07, 6.45) is 1.57. The third kappa shape index (κ3) is 3.30. The molecule has 0 aliphatic carbocycles. The van der Waals surface area contributed by atoms with Gasteiger partial charge in [0.2, 0.25) is 0 Å². The number of likely N-dealkylation sites (N-methyl/N-ethyl adjacent to an activating group) is 1. The van der Waals surface area contributed by atoms with E-state index in [1.54, 1.807) is 6.20 Å². The maximum atomic E-state index is 11.8. The van der Waals surface area contributed by atoms with Gasteiger partial charge in [0.15, 0.2) is 0 Å². The largest absolute Gasteiger partial charge is 0.351 e. The molecule has 2 N–H and O–H groups in total. The SMILES string of the molecule is Cc1[nH]ncc1C(=O)NCCN1CCN(C)CC1. The van der Waals surface area contributed by atoms with E-state index in [1.165, 1.54) is 0 Å². The molecule has 0 aromatic carbocycles. The summed E-state index contributed by atoms with van der Waals surface area (Å²) in [6.45, 7) is 7.82. The van der Waals surface area contributed by atoms with Gasteiger partial charge < -0.3 is 10.2 Å². The summed E-state index contributed by atoms with van der Waals surface area (Å²) in [5.74, 6) is -0.0459. The van der Waals surface area contributed by atoms with Crippen LogP contribution in [0.15, 0.2) is 6.20 Å². The van der Waals surface area contributed by atoms with Crippen molar-refractivity contribution >= 4 is 5.91 Å². The molecule has 0 radical (unpaired) electrons. The average Bonchev–Trinajstić information content (AvgIpc) is 2.78. The van der Waals surface area contributed by atoms with Crippen molar-refractivity contribution in [3.05, 3.63) is 17.5 Å². The van der Waals surface area contributed by atoms with Crippen molar-refractivity contribution in [2.24, 2.45) is 0 Å². The summed E-state index contributed by atoms with van der Waals surface area (Å²) in [5, 5.41) is 9.54. The zero-order valence-corrected chi connectivity index (χ0v) is 11.1. The van der Waals surface area contributed by atoms with E-state index in [0.29, 0.717) is 12.1 Å². The molecule has 0 bridgehead atoms. The quantitative estimate of drug-likeness (QED) is 0.771. The number of aromatic nitrogens is 2. The molecular weight excluding hydrogens is 230 g/mol. The van der Waals surface area contributed by atoms with E-state index in [-0.39, 0.29) is 5.91 Å². The van der Waals surface area contributed by atoms with Crippen LogP contribution >= 0.6 is 0 Å². The molecule has 1 amide bonds. The Morgan fingerprint density at radius 2 is 2.17 bits per heavy atom. The lowest BCUT2D eigenvalue weighted by atomic mass is 10.2. The van der Waals surface area contributed by atoms with Gasteiger partial charge in [-0.05, 0) is 14.0 Å². The molecular formula is C12H21N5O.